The molecule has 0 atom stereocenters. The average Bonchev–Trinajstić information content (AvgIpc) is 2.77. The fourth-order valence-electron chi connectivity index (χ4n) is 1.33. The number of sulfonamides is 1. The zero-order chi connectivity index (χ0) is 12.5. The maximum Gasteiger partial charge on any atom is 0.271 e. The molecule has 17 heavy (non-hydrogen) atoms. The Morgan fingerprint density at radius 3 is 2.65 bits per heavy atom. The minimum Gasteiger partial charge on any atom is -0.279 e. The molecule has 0 unspecified atom stereocenters. The van der Waals surface area contributed by atoms with Gasteiger partial charge >= 0.3 is 0 Å². The predicted molar refractivity (Wildman–Crippen MR) is 71.3 cm³/mol. The maximum atomic E-state index is 11.9. The van der Waals surface area contributed by atoms with Gasteiger partial charge in [0.2, 0.25) is 0 Å². The molecule has 1 heterocycles. The molecule has 0 aliphatic carbocycles. The van der Waals surface area contributed by atoms with E-state index < -0.39 is 10.0 Å². The van der Waals surface area contributed by atoms with E-state index in [1.165, 1.54) is 11.3 Å². The van der Waals surface area contributed by atoms with Crippen molar-refractivity contribution in [1.82, 2.24) is 0 Å². The highest BCUT2D eigenvalue weighted by Crippen LogP contribution is 2.23. The van der Waals surface area contributed by atoms with Crippen LogP contribution in [0.2, 0.25) is 5.02 Å². The van der Waals surface area contributed by atoms with Crippen molar-refractivity contribution in [2.75, 3.05) is 4.72 Å². The van der Waals surface area contributed by atoms with E-state index in [1.54, 1.807) is 35.7 Å². The molecule has 2 aromatic rings. The van der Waals surface area contributed by atoms with Crippen LogP contribution in [0.15, 0.2) is 39.9 Å². The molecule has 1 aromatic heterocycles. The quantitative estimate of drug-likeness (QED) is 0.939. The number of aryl methyl sites for hydroxylation is 1. The highest BCUT2D eigenvalue weighted by Gasteiger charge is 2.15. The van der Waals surface area contributed by atoms with Gasteiger partial charge in [0.15, 0.2) is 0 Å². The Morgan fingerprint density at radius 1 is 1.29 bits per heavy atom. The fourth-order valence-corrected chi connectivity index (χ4v) is 3.49. The van der Waals surface area contributed by atoms with E-state index in [1.807, 2.05) is 6.92 Å². The van der Waals surface area contributed by atoms with Gasteiger partial charge in [0, 0.05) is 10.7 Å². The lowest BCUT2D eigenvalue weighted by molar-refractivity contribution is 0.603. The lowest BCUT2D eigenvalue weighted by atomic mass is 10.2. The van der Waals surface area contributed by atoms with Gasteiger partial charge in [0.1, 0.15) is 4.21 Å². The Labute approximate surface area is 109 Å². The molecule has 2 rings (SSSR count). The summed E-state index contributed by atoms with van der Waals surface area (Å²) >= 11 is 7.06. The minimum absolute atomic E-state index is 0.296. The molecule has 0 amide bonds. The van der Waals surface area contributed by atoms with Crippen LogP contribution in [-0.4, -0.2) is 8.42 Å². The number of anilines is 1. The summed E-state index contributed by atoms with van der Waals surface area (Å²) in [5.74, 6) is 0. The Balaban J connectivity index is 2.30. The zero-order valence-corrected chi connectivity index (χ0v) is 11.4. The number of hydrogen-bond acceptors (Lipinski definition) is 3. The first-order valence-corrected chi connectivity index (χ1v) is 7.55. The molecule has 0 bridgehead atoms. The van der Waals surface area contributed by atoms with Gasteiger partial charge in [-0.05, 0) is 42.1 Å². The number of thiophene rings is 1. The van der Waals surface area contributed by atoms with Gasteiger partial charge in [0.05, 0.1) is 0 Å². The van der Waals surface area contributed by atoms with Crippen molar-refractivity contribution in [3.63, 3.8) is 0 Å². The number of nitrogens with one attached hydrogen (secondary N) is 1. The van der Waals surface area contributed by atoms with Gasteiger partial charge in [-0.3, -0.25) is 4.72 Å². The second-order valence-electron chi connectivity index (χ2n) is 3.50. The van der Waals surface area contributed by atoms with E-state index >= 15 is 0 Å². The van der Waals surface area contributed by atoms with Crippen LogP contribution < -0.4 is 4.72 Å². The van der Waals surface area contributed by atoms with E-state index in [-0.39, 0.29) is 0 Å². The molecule has 3 nitrogen and oxygen atoms in total. The molecule has 1 aromatic carbocycles. The van der Waals surface area contributed by atoms with Crippen LogP contribution in [0.4, 0.5) is 5.69 Å². The van der Waals surface area contributed by atoms with E-state index in [9.17, 15) is 8.42 Å². The summed E-state index contributed by atoms with van der Waals surface area (Å²) in [5.41, 5.74) is 1.35. The molecule has 0 saturated carbocycles. The van der Waals surface area contributed by atoms with E-state index in [0.29, 0.717) is 14.9 Å². The summed E-state index contributed by atoms with van der Waals surface area (Å²) in [6, 6.07) is 8.28. The second kappa shape index (κ2) is 4.68. The summed E-state index contributed by atoms with van der Waals surface area (Å²) in [7, 11) is -3.47. The smallest absolute Gasteiger partial charge is 0.271 e. The fraction of sp³-hybridized carbons (Fsp3) is 0.0909. The summed E-state index contributed by atoms with van der Waals surface area (Å²) in [4.78, 5) is 0. The molecule has 6 heteroatoms. The summed E-state index contributed by atoms with van der Waals surface area (Å²) in [6.45, 7) is 1.82. The van der Waals surface area contributed by atoms with Crippen LogP contribution in [0.5, 0.6) is 0 Å². The molecule has 0 radical (unpaired) electrons. The molecular formula is C11H10ClNO2S2. The van der Waals surface area contributed by atoms with Crippen molar-refractivity contribution < 1.29 is 8.42 Å². The summed E-state index contributed by atoms with van der Waals surface area (Å²) in [5, 5.41) is 2.34. The van der Waals surface area contributed by atoms with Crippen LogP contribution in [-0.2, 0) is 10.0 Å². The Morgan fingerprint density at radius 2 is 2.06 bits per heavy atom. The first-order valence-electron chi connectivity index (χ1n) is 4.81. The van der Waals surface area contributed by atoms with E-state index in [2.05, 4.69) is 4.72 Å². The molecule has 90 valence electrons. The number of rotatable bonds is 3. The Bertz CT molecular complexity index is 621. The van der Waals surface area contributed by atoms with Gasteiger partial charge < -0.3 is 0 Å². The van der Waals surface area contributed by atoms with Gasteiger partial charge in [-0.1, -0.05) is 17.7 Å². The molecule has 1 N–H and O–H groups in total. The van der Waals surface area contributed by atoms with Crippen LogP contribution in [0.1, 0.15) is 5.56 Å². The first kappa shape index (κ1) is 12.4. The standard InChI is InChI=1S/C11H10ClNO2S2/c1-8-7-9(4-5-10(8)12)13-17(14,15)11-3-2-6-16-11/h2-7,13H,1H3. The van der Waals surface area contributed by atoms with Crippen LogP contribution >= 0.6 is 22.9 Å². The van der Waals surface area contributed by atoms with Crippen molar-refractivity contribution >= 4 is 38.6 Å². The molecule has 0 saturated heterocycles. The van der Waals surface area contributed by atoms with Gasteiger partial charge in [-0.15, -0.1) is 11.3 Å². The number of benzene rings is 1. The Hall–Kier alpha value is -1.04. The van der Waals surface area contributed by atoms with Crippen molar-refractivity contribution in [3.8, 4) is 0 Å². The van der Waals surface area contributed by atoms with Crippen LogP contribution in [0, 0.1) is 6.92 Å². The number of hydrogen-bond donors (Lipinski definition) is 1. The third-order valence-electron chi connectivity index (χ3n) is 2.17. The molecule has 0 aliphatic rings. The minimum atomic E-state index is -3.47. The zero-order valence-electron chi connectivity index (χ0n) is 8.98. The van der Waals surface area contributed by atoms with Crippen molar-refractivity contribution in [1.29, 1.82) is 0 Å². The molecular weight excluding hydrogens is 278 g/mol. The average molecular weight is 288 g/mol. The maximum absolute atomic E-state index is 11.9. The van der Waals surface area contributed by atoms with E-state index in [0.717, 1.165) is 5.56 Å². The van der Waals surface area contributed by atoms with Crippen LogP contribution in [0.25, 0.3) is 0 Å². The highest BCUT2D eigenvalue weighted by atomic mass is 35.5. The third-order valence-corrected chi connectivity index (χ3v) is 5.37. The van der Waals surface area contributed by atoms with Crippen molar-refractivity contribution in [2.24, 2.45) is 0 Å². The first-order chi connectivity index (χ1) is 7.99. The van der Waals surface area contributed by atoms with Crippen molar-refractivity contribution in [2.45, 2.75) is 11.1 Å². The molecule has 0 fully saturated rings. The van der Waals surface area contributed by atoms with E-state index in [4.69, 9.17) is 11.6 Å². The Kier molecular flexibility index (Phi) is 3.42. The largest absolute Gasteiger partial charge is 0.279 e. The summed E-state index contributed by atoms with van der Waals surface area (Å²) < 4.78 is 26.7. The summed E-state index contributed by atoms with van der Waals surface area (Å²) in [6.07, 6.45) is 0. The lowest BCUT2D eigenvalue weighted by Gasteiger charge is -2.07. The topological polar surface area (TPSA) is 46.2 Å². The lowest BCUT2D eigenvalue weighted by Crippen LogP contribution is -2.11. The third kappa shape index (κ3) is 2.80. The van der Waals surface area contributed by atoms with Gasteiger partial charge in [-0.2, -0.15) is 0 Å². The predicted octanol–water partition coefficient (Wildman–Crippen LogP) is 3.51. The second-order valence-corrected chi connectivity index (χ2v) is 6.77. The molecule has 0 aliphatic heterocycles. The van der Waals surface area contributed by atoms with Crippen LogP contribution in [0.3, 0.4) is 0 Å². The monoisotopic (exact) mass is 287 g/mol. The van der Waals surface area contributed by atoms with Gasteiger partial charge in [0.25, 0.3) is 10.0 Å². The normalized spacial score (nSPS) is 11.4. The van der Waals surface area contributed by atoms with Crippen molar-refractivity contribution in [3.05, 3.63) is 46.3 Å². The molecule has 0 spiro atoms. The van der Waals surface area contributed by atoms with Gasteiger partial charge in [-0.25, -0.2) is 8.42 Å². The highest BCUT2D eigenvalue weighted by molar-refractivity contribution is 7.94. The SMILES string of the molecule is Cc1cc(NS(=O)(=O)c2cccs2)ccc1Cl. The number of halogens is 1.